The summed E-state index contributed by atoms with van der Waals surface area (Å²) in [4.78, 5) is 14.7. The zero-order valence-corrected chi connectivity index (χ0v) is 11.9. The molecule has 2 heterocycles. The Balaban J connectivity index is 1.77. The molecule has 2 atom stereocenters. The Morgan fingerprint density at radius 1 is 1.25 bits per heavy atom. The summed E-state index contributed by atoms with van der Waals surface area (Å²) in [6, 6.07) is 6.86. The number of hydrogen-bond acceptors (Lipinski definition) is 3. The molecule has 1 aliphatic carbocycles. The smallest absolute Gasteiger partial charge is 0.254 e. The van der Waals surface area contributed by atoms with Crippen LogP contribution in [0.3, 0.4) is 0 Å². The van der Waals surface area contributed by atoms with Crippen molar-refractivity contribution in [3.05, 3.63) is 29.3 Å². The summed E-state index contributed by atoms with van der Waals surface area (Å²) < 4.78 is 0. The van der Waals surface area contributed by atoms with E-state index in [0.717, 1.165) is 36.7 Å². The predicted octanol–water partition coefficient (Wildman–Crippen LogP) is 1.82. The van der Waals surface area contributed by atoms with Gasteiger partial charge in [-0.05, 0) is 56.3 Å². The molecule has 1 amide bonds. The van der Waals surface area contributed by atoms with Crippen LogP contribution in [0, 0.1) is 0 Å². The molecule has 2 N–H and O–H groups in total. The Labute approximate surface area is 119 Å². The molecule has 2 fully saturated rings. The Kier molecular flexibility index (Phi) is 2.74. The molecule has 0 radical (unpaired) electrons. The van der Waals surface area contributed by atoms with Gasteiger partial charge in [-0.15, -0.1) is 0 Å². The standard InChI is InChI=1S/C16H21N3O/c1-10-9-19-14-8-12(11-2-3-11)4-5-13(14)16(20)18-15(19)6-7-17-10/h4-5,8,10-11,15,17H,2-3,6-7,9H2,1H3,(H,18,20)/t10-,15+/m0/s1. The molecule has 4 nitrogen and oxygen atoms in total. The van der Waals surface area contributed by atoms with E-state index in [9.17, 15) is 4.79 Å². The molecule has 1 aromatic rings. The maximum atomic E-state index is 12.3. The minimum Gasteiger partial charge on any atom is -0.349 e. The van der Waals surface area contributed by atoms with Gasteiger partial charge in [0.2, 0.25) is 0 Å². The van der Waals surface area contributed by atoms with E-state index in [4.69, 9.17) is 0 Å². The van der Waals surface area contributed by atoms with Gasteiger partial charge >= 0.3 is 0 Å². The molecular weight excluding hydrogens is 250 g/mol. The first-order valence-electron chi connectivity index (χ1n) is 7.67. The van der Waals surface area contributed by atoms with Gasteiger partial charge < -0.3 is 15.5 Å². The number of hydrogen-bond donors (Lipinski definition) is 2. The van der Waals surface area contributed by atoms with Crippen LogP contribution in [0.1, 0.15) is 48.0 Å². The third-order valence-electron chi connectivity index (χ3n) is 4.68. The molecule has 4 heteroatoms. The van der Waals surface area contributed by atoms with Gasteiger partial charge in [0, 0.05) is 12.6 Å². The van der Waals surface area contributed by atoms with Crippen molar-refractivity contribution in [1.82, 2.24) is 10.6 Å². The van der Waals surface area contributed by atoms with E-state index < -0.39 is 0 Å². The maximum absolute atomic E-state index is 12.3. The lowest BCUT2D eigenvalue weighted by Crippen LogP contribution is -2.53. The highest BCUT2D eigenvalue weighted by Crippen LogP contribution is 2.42. The molecular formula is C16H21N3O. The molecule has 4 rings (SSSR count). The van der Waals surface area contributed by atoms with Crippen LogP contribution < -0.4 is 15.5 Å². The van der Waals surface area contributed by atoms with Crippen molar-refractivity contribution in [3.63, 3.8) is 0 Å². The van der Waals surface area contributed by atoms with Gasteiger partial charge in [0.1, 0.15) is 6.17 Å². The van der Waals surface area contributed by atoms with Gasteiger partial charge in [0.05, 0.1) is 11.3 Å². The van der Waals surface area contributed by atoms with E-state index in [2.05, 4.69) is 34.6 Å². The summed E-state index contributed by atoms with van der Waals surface area (Å²) in [6.45, 7) is 4.12. The SMILES string of the molecule is C[C@H]1CN2c3cc(C4CC4)ccc3C(=O)N[C@H]2CCN1. The second-order valence-corrected chi connectivity index (χ2v) is 6.34. The van der Waals surface area contributed by atoms with Crippen LogP contribution in [0.25, 0.3) is 0 Å². The first-order chi connectivity index (χ1) is 9.72. The van der Waals surface area contributed by atoms with E-state index in [1.807, 2.05) is 6.07 Å². The van der Waals surface area contributed by atoms with Crippen molar-refractivity contribution in [1.29, 1.82) is 0 Å². The van der Waals surface area contributed by atoms with Gasteiger partial charge in [-0.1, -0.05) is 6.07 Å². The summed E-state index contributed by atoms with van der Waals surface area (Å²) in [5, 5.41) is 6.65. The number of carbonyl (C=O) groups is 1. The summed E-state index contributed by atoms with van der Waals surface area (Å²) >= 11 is 0. The fourth-order valence-corrected chi connectivity index (χ4v) is 3.40. The highest BCUT2D eigenvalue weighted by molar-refractivity contribution is 6.02. The molecule has 3 aliphatic rings. The van der Waals surface area contributed by atoms with E-state index in [1.54, 1.807) is 0 Å². The van der Waals surface area contributed by atoms with Crippen LogP contribution in [0.2, 0.25) is 0 Å². The van der Waals surface area contributed by atoms with Crippen LogP contribution in [0.5, 0.6) is 0 Å². The number of carbonyl (C=O) groups excluding carboxylic acids is 1. The van der Waals surface area contributed by atoms with Crippen LogP contribution >= 0.6 is 0 Å². The molecule has 0 bridgehead atoms. The number of fused-ring (bicyclic) bond motifs is 3. The Bertz CT molecular complexity index is 553. The zero-order valence-electron chi connectivity index (χ0n) is 11.9. The summed E-state index contributed by atoms with van der Waals surface area (Å²) in [6.07, 6.45) is 3.70. The fourth-order valence-electron chi connectivity index (χ4n) is 3.40. The second kappa shape index (κ2) is 4.48. The zero-order chi connectivity index (χ0) is 13.7. The topological polar surface area (TPSA) is 44.4 Å². The Morgan fingerprint density at radius 2 is 2.10 bits per heavy atom. The highest BCUT2D eigenvalue weighted by Gasteiger charge is 2.34. The Morgan fingerprint density at radius 3 is 2.90 bits per heavy atom. The number of amides is 1. The van der Waals surface area contributed by atoms with Gasteiger partial charge in [-0.3, -0.25) is 4.79 Å². The molecule has 2 aliphatic heterocycles. The first kappa shape index (κ1) is 12.2. The van der Waals surface area contributed by atoms with Crippen molar-refractivity contribution in [2.75, 3.05) is 18.0 Å². The van der Waals surface area contributed by atoms with Gasteiger partial charge in [0.15, 0.2) is 0 Å². The summed E-state index contributed by atoms with van der Waals surface area (Å²) in [5.41, 5.74) is 3.38. The molecule has 0 spiro atoms. The third kappa shape index (κ3) is 1.99. The molecule has 1 aromatic carbocycles. The third-order valence-corrected chi connectivity index (χ3v) is 4.68. The van der Waals surface area contributed by atoms with Crippen molar-refractivity contribution >= 4 is 11.6 Å². The predicted molar refractivity (Wildman–Crippen MR) is 79.1 cm³/mol. The average Bonchev–Trinajstić information content (AvgIpc) is 3.26. The van der Waals surface area contributed by atoms with Gasteiger partial charge in [-0.2, -0.15) is 0 Å². The number of benzene rings is 1. The van der Waals surface area contributed by atoms with Crippen LogP contribution in [0.4, 0.5) is 5.69 Å². The lowest BCUT2D eigenvalue weighted by molar-refractivity contribution is 0.0926. The minimum absolute atomic E-state index is 0.0816. The molecule has 1 saturated heterocycles. The van der Waals surface area contributed by atoms with Crippen LogP contribution in [-0.2, 0) is 0 Å². The van der Waals surface area contributed by atoms with Crippen LogP contribution in [0.15, 0.2) is 18.2 Å². The van der Waals surface area contributed by atoms with Gasteiger partial charge in [0.25, 0.3) is 5.91 Å². The van der Waals surface area contributed by atoms with E-state index >= 15 is 0 Å². The first-order valence-corrected chi connectivity index (χ1v) is 7.67. The van der Waals surface area contributed by atoms with Crippen molar-refractivity contribution in [2.24, 2.45) is 0 Å². The molecule has 106 valence electrons. The number of rotatable bonds is 1. The molecule has 0 unspecified atom stereocenters. The van der Waals surface area contributed by atoms with Gasteiger partial charge in [-0.25, -0.2) is 0 Å². The summed E-state index contributed by atoms with van der Waals surface area (Å²) in [5.74, 6) is 0.810. The molecule has 20 heavy (non-hydrogen) atoms. The minimum atomic E-state index is 0.0816. The van der Waals surface area contributed by atoms with Crippen molar-refractivity contribution in [2.45, 2.75) is 44.3 Å². The normalized spacial score (nSPS) is 29.2. The number of nitrogens with one attached hydrogen (secondary N) is 2. The molecule has 1 saturated carbocycles. The monoisotopic (exact) mass is 271 g/mol. The van der Waals surface area contributed by atoms with Crippen LogP contribution in [-0.4, -0.2) is 31.2 Å². The second-order valence-electron chi connectivity index (χ2n) is 6.34. The van der Waals surface area contributed by atoms with Crippen molar-refractivity contribution < 1.29 is 4.79 Å². The lowest BCUT2D eigenvalue weighted by atomic mass is 10.0. The quantitative estimate of drug-likeness (QED) is 0.819. The van der Waals surface area contributed by atoms with E-state index in [0.29, 0.717) is 6.04 Å². The highest BCUT2D eigenvalue weighted by atomic mass is 16.2. The Hall–Kier alpha value is -1.55. The lowest BCUT2D eigenvalue weighted by Gasteiger charge is -2.38. The number of nitrogens with zero attached hydrogens (tertiary/aromatic N) is 1. The van der Waals surface area contributed by atoms with E-state index in [1.165, 1.54) is 18.4 Å². The maximum Gasteiger partial charge on any atom is 0.254 e. The van der Waals surface area contributed by atoms with Crippen molar-refractivity contribution in [3.8, 4) is 0 Å². The number of anilines is 1. The fraction of sp³-hybridized carbons (Fsp3) is 0.562. The summed E-state index contributed by atoms with van der Waals surface area (Å²) in [7, 11) is 0. The van der Waals surface area contributed by atoms with E-state index in [-0.39, 0.29) is 12.1 Å². The largest absolute Gasteiger partial charge is 0.349 e. The molecule has 0 aromatic heterocycles. The average molecular weight is 271 g/mol.